The molecule has 1 aromatic heterocycles. The van der Waals surface area contributed by atoms with Crippen molar-refractivity contribution in [2.75, 3.05) is 6.54 Å². The van der Waals surface area contributed by atoms with Crippen LogP contribution in [0.4, 0.5) is 0 Å². The summed E-state index contributed by atoms with van der Waals surface area (Å²) in [5.41, 5.74) is 0.761. The van der Waals surface area contributed by atoms with Gasteiger partial charge in [-0.1, -0.05) is 40.5 Å². The van der Waals surface area contributed by atoms with E-state index < -0.39 is 5.60 Å². The highest BCUT2D eigenvalue weighted by molar-refractivity contribution is 7.09. The molecule has 1 fully saturated rings. The summed E-state index contributed by atoms with van der Waals surface area (Å²) >= 11 is 1.71. The number of rotatable bonds is 4. The Labute approximate surface area is 126 Å². The molecule has 2 N–H and O–H groups in total. The molecular weight excluding hydrogens is 268 g/mol. The number of thiazole rings is 1. The van der Waals surface area contributed by atoms with Crippen molar-refractivity contribution in [3.8, 4) is 0 Å². The molecule has 0 aromatic carbocycles. The standard InChI is InChI=1S/C16H28N2OS/c1-12-6-5-7-16(19,8-12)11-17-9-14-18-13(10-20-14)15(2,3)4/h10,12,17,19H,5-9,11H2,1-4H3. The Morgan fingerprint density at radius 3 is 2.85 bits per heavy atom. The molecule has 2 unspecified atom stereocenters. The molecule has 0 amide bonds. The molecule has 0 saturated heterocycles. The predicted octanol–water partition coefficient (Wildman–Crippen LogP) is 3.47. The van der Waals surface area contributed by atoms with Gasteiger partial charge in [-0.2, -0.15) is 0 Å². The van der Waals surface area contributed by atoms with Gasteiger partial charge in [0.1, 0.15) is 5.01 Å². The third-order valence-electron chi connectivity index (χ3n) is 4.12. The summed E-state index contributed by atoms with van der Waals surface area (Å²) in [7, 11) is 0. The van der Waals surface area contributed by atoms with Crippen molar-refractivity contribution in [3.05, 3.63) is 16.1 Å². The van der Waals surface area contributed by atoms with Crippen LogP contribution in [-0.4, -0.2) is 22.2 Å². The molecule has 1 saturated carbocycles. The molecule has 1 heterocycles. The Balaban J connectivity index is 1.82. The summed E-state index contributed by atoms with van der Waals surface area (Å²) in [5.74, 6) is 0.642. The van der Waals surface area contributed by atoms with Gasteiger partial charge in [-0.3, -0.25) is 0 Å². The van der Waals surface area contributed by atoms with Crippen molar-refractivity contribution >= 4 is 11.3 Å². The first-order valence-electron chi connectivity index (χ1n) is 7.66. The molecule has 0 aliphatic heterocycles. The molecule has 0 radical (unpaired) electrons. The molecule has 1 aliphatic rings. The highest BCUT2D eigenvalue weighted by atomic mass is 32.1. The molecule has 1 aliphatic carbocycles. The quantitative estimate of drug-likeness (QED) is 0.894. The molecule has 4 heteroatoms. The second kappa shape index (κ2) is 6.12. The minimum atomic E-state index is -0.512. The average Bonchev–Trinajstić information content (AvgIpc) is 2.76. The van der Waals surface area contributed by atoms with E-state index in [0.717, 1.165) is 36.5 Å². The van der Waals surface area contributed by atoms with E-state index >= 15 is 0 Å². The van der Waals surface area contributed by atoms with Gasteiger partial charge in [0.15, 0.2) is 0 Å². The van der Waals surface area contributed by atoms with Crippen LogP contribution in [0.5, 0.6) is 0 Å². The minimum absolute atomic E-state index is 0.117. The van der Waals surface area contributed by atoms with Gasteiger partial charge in [-0.05, 0) is 18.8 Å². The molecule has 2 atom stereocenters. The van der Waals surface area contributed by atoms with Crippen LogP contribution in [0.3, 0.4) is 0 Å². The molecule has 2 rings (SSSR count). The van der Waals surface area contributed by atoms with Gasteiger partial charge < -0.3 is 10.4 Å². The monoisotopic (exact) mass is 296 g/mol. The number of hydrogen-bond acceptors (Lipinski definition) is 4. The van der Waals surface area contributed by atoms with Crippen molar-refractivity contribution in [3.63, 3.8) is 0 Å². The number of nitrogens with zero attached hydrogens (tertiary/aromatic N) is 1. The van der Waals surface area contributed by atoms with Crippen LogP contribution < -0.4 is 5.32 Å². The molecule has 3 nitrogen and oxygen atoms in total. The van der Waals surface area contributed by atoms with E-state index in [1.54, 1.807) is 11.3 Å². The highest BCUT2D eigenvalue weighted by Gasteiger charge is 2.32. The van der Waals surface area contributed by atoms with E-state index in [0.29, 0.717) is 12.5 Å². The third kappa shape index (κ3) is 4.27. The van der Waals surface area contributed by atoms with Crippen LogP contribution in [0.1, 0.15) is 64.1 Å². The fraction of sp³-hybridized carbons (Fsp3) is 0.812. The number of hydrogen-bond donors (Lipinski definition) is 2. The Hall–Kier alpha value is -0.450. The number of aliphatic hydroxyl groups is 1. The van der Waals surface area contributed by atoms with Gasteiger partial charge in [0.05, 0.1) is 11.3 Å². The van der Waals surface area contributed by atoms with Crippen LogP contribution in [0.15, 0.2) is 5.38 Å². The van der Waals surface area contributed by atoms with Crippen LogP contribution in [0, 0.1) is 5.92 Å². The van der Waals surface area contributed by atoms with Gasteiger partial charge in [-0.15, -0.1) is 11.3 Å². The number of aromatic nitrogens is 1. The van der Waals surface area contributed by atoms with E-state index in [2.05, 4.69) is 43.4 Å². The molecule has 0 spiro atoms. The topological polar surface area (TPSA) is 45.1 Å². The Kier molecular flexibility index (Phi) is 4.88. The summed E-state index contributed by atoms with van der Waals surface area (Å²) < 4.78 is 0. The first-order chi connectivity index (χ1) is 9.28. The molecular formula is C16H28N2OS. The molecule has 0 bridgehead atoms. The van der Waals surface area contributed by atoms with E-state index in [-0.39, 0.29) is 5.41 Å². The summed E-state index contributed by atoms with van der Waals surface area (Å²) in [6.07, 6.45) is 4.25. The largest absolute Gasteiger partial charge is 0.389 e. The first kappa shape index (κ1) is 15.9. The summed E-state index contributed by atoms with van der Waals surface area (Å²) in [6.45, 7) is 10.2. The van der Waals surface area contributed by atoms with E-state index in [9.17, 15) is 5.11 Å². The highest BCUT2D eigenvalue weighted by Crippen LogP contribution is 2.31. The zero-order valence-corrected chi connectivity index (χ0v) is 14.0. The van der Waals surface area contributed by atoms with E-state index in [4.69, 9.17) is 0 Å². The smallest absolute Gasteiger partial charge is 0.107 e. The van der Waals surface area contributed by atoms with Crippen molar-refractivity contribution in [2.45, 2.75) is 70.9 Å². The normalized spacial score (nSPS) is 27.8. The van der Waals surface area contributed by atoms with Crippen molar-refractivity contribution in [2.24, 2.45) is 5.92 Å². The Morgan fingerprint density at radius 1 is 1.50 bits per heavy atom. The minimum Gasteiger partial charge on any atom is -0.389 e. The first-order valence-corrected chi connectivity index (χ1v) is 8.54. The lowest BCUT2D eigenvalue weighted by Gasteiger charge is -2.35. The fourth-order valence-corrected chi connectivity index (χ4v) is 3.92. The van der Waals surface area contributed by atoms with Crippen LogP contribution >= 0.6 is 11.3 Å². The summed E-state index contributed by atoms with van der Waals surface area (Å²) in [5, 5.41) is 17.2. The molecule has 1 aromatic rings. The second-order valence-corrected chi connectivity index (χ2v) is 8.35. The zero-order valence-electron chi connectivity index (χ0n) is 13.2. The van der Waals surface area contributed by atoms with Gasteiger partial charge in [0, 0.05) is 23.9 Å². The van der Waals surface area contributed by atoms with Crippen molar-refractivity contribution < 1.29 is 5.11 Å². The maximum absolute atomic E-state index is 10.6. The van der Waals surface area contributed by atoms with Crippen molar-refractivity contribution in [1.82, 2.24) is 10.3 Å². The number of nitrogens with one attached hydrogen (secondary N) is 1. The summed E-state index contributed by atoms with van der Waals surface area (Å²) in [6, 6.07) is 0. The van der Waals surface area contributed by atoms with Crippen LogP contribution in [0.2, 0.25) is 0 Å². The predicted molar refractivity (Wildman–Crippen MR) is 85.1 cm³/mol. The lowest BCUT2D eigenvalue weighted by molar-refractivity contribution is -0.0119. The lowest BCUT2D eigenvalue weighted by Crippen LogP contribution is -2.43. The average molecular weight is 296 g/mol. The second-order valence-electron chi connectivity index (χ2n) is 7.41. The van der Waals surface area contributed by atoms with Gasteiger partial charge in [0.25, 0.3) is 0 Å². The molecule has 114 valence electrons. The fourth-order valence-electron chi connectivity index (χ4n) is 2.93. The Morgan fingerprint density at radius 2 is 2.25 bits per heavy atom. The van der Waals surface area contributed by atoms with Gasteiger partial charge >= 0.3 is 0 Å². The zero-order chi connectivity index (χ0) is 14.8. The molecule has 20 heavy (non-hydrogen) atoms. The van der Waals surface area contributed by atoms with Crippen molar-refractivity contribution in [1.29, 1.82) is 0 Å². The maximum atomic E-state index is 10.6. The van der Waals surface area contributed by atoms with Gasteiger partial charge in [-0.25, -0.2) is 4.98 Å². The lowest BCUT2D eigenvalue weighted by atomic mass is 9.79. The van der Waals surface area contributed by atoms with Crippen LogP contribution in [0.25, 0.3) is 0 Å². The Bertz CT molecular complexity index is 438. The maximum Gasteiger partial charge on any atom is 0.107 e. The van der Waals surface area contributed by atoms with E-state index in [1.807, 2.05) is 0 Å². The third-order valence-corrected chi connectivity index (χ3v) is 4.97. The van der Waals surface area contributed by atoms with E-state index in [1.165, 1.54) is 6.42 Å². The van der Waals surface area contributed by atoms with Crippen LogP contribution in [-0.2, 0) is 12.0 Å². The SMILES string of the molecule is CC1CCCC(O)(CNCc2nc(C(C)(C)C)cs2)C1. The van der Waals surface area contributed by atoms with Gasteiger partial charge in [0.2, 0.25) is 0 Å². The summed E-state index contributed by atoms with van der Waals surface area (Å²) in [4.78, 5) is 4.68.